The molecule has 1 N–H and O–H groups in total. The van der Waals surface area contributed by atoms with Crippen molar-refractivity contribution in [3.05, 3.63) is 29.0 Å². The van der Waals surface area contributed by atoms with Gasteiger partial charge in [-0.1, -0.05) is 0 Å². The van der Waals surface area contributed by atoms with Gasteiger partial charge in [0.1, 0.15) is 22.4 Å². The lowest BCUT2D eigenvalue weighted by molar-refractivity contribution is 0.174. The first-order valence-electron chi connectivity index (χ1n) is 6.10. The zero-order valence-corrected chi connectivity index (χ0v) is 12.3. The molecule has 104 valence electrons. The molecule has 2 aromatic rings. The molecular formula is C13H12BrN3O3. The van der Waals surface area contributed by atoms with Crippen molar-refractivity contribution in [1.82, 2.24) is 9.97 Å². The second-order valence-corrected chi connectivity index (χ2v) is 4.78. The first-order chi connectivity index (χ1) is 9.78. The Bertz CT molecular complexity index is 636. The highest BCUT2D eigenvalue weighted by atomic mass is 79.9. The Balaban J connectivity index is 1.86. The van der Waals surface area contributed by atoms with Gasteiger partial charge < -0.3 is 19.5 Å². The third-order valence-corrected chi connectivity index (χ3v) is 3.38. The lowest BCUT2D eigenvalue weighted by Gasteiger charge is -2.10. The number of anilines is 1. The maximum Gasteiger partial charge on any atom is 0.238 e. The summed E-state index contributed by atoms with van der Waals surface area (Å²) in [5, 5.41) is 3.12. The van der Waals surface area contributed by atoms with E-state index in [1.807, 2.05) is 6.92 Å². The second-order valence-electron chi connectivity index (χ2n) is 3.99. The summed E-state index contributed by atoms with van der Waals surface area (Å²) < 4.78 is 17.0. The van der Waals surface area contributed by atoms with Gasteiger partial charge in [0.15, 0.2) is 11.5 Å². The maximum absolute atomic E-state index is 5.75. The predicted octanol–water partition coefficient (Wildman–Crippen LogP) is 3.19. The molecule has 0 atom stereocenters. The van der Waals surface area contributed by atoms with Crippen molar-refractivity contribution in [2.75, 3.05) is 18.7 Å². The molecule has 20 heavy (non-hydrogen) atoms. The van der Waals surface area contributed by atoms with Crippen LogP contribution in [0, 0.1) is 0 Å². The normalized spacial score (nSPS) is 12.3. The SMILES string of the molecule is CCNc1ncnc(Oc2ccc3c(c2)OCO3)c1Br. The molecule has 0 fully saturated rings. The Kier molecular flexibility index (Phi) is 3.60. The number of hydrogen-bond donors (Lipinski definition) is 1. The smallest absolute Gasteiger partial charge is 0.238 e. The van der Waals surface area contributed by atoms with E-state index >= 15 is 0 Å². The Morgan fingerprint density at radius 3 is 3.00 bits per heavy atom. The predicted molar refractivity (Wildman–Crippen MR) is 76.5 cm³/mol. The van der Waals surface area contributed by atoms with Crippen LogP contribution in [-0.4, -0.2) is 23.3 Å². The minimum atomic E-state index is 0.237. The third kappa shape index (κ3) is 2.49. The van der Waals surface area contributed by atoms with E-state index < -0.39 is 0 Å². The van der Waals surface area contributed by atoms with Crippen molar-refractivity contribution >= 4 is 21.7 Å². The third-order valence-electron chi connectivity index (χ3n) is 2.66. The molecule has 1 aliphatic rings. The molecule has 0 aliphatic carbocycles. The number of ether oxygens (including phenoxy) is 3. The summed E-state index contributed by atoms with van der Waals surface area (Å²) in [6, 6.07) is 5.37. The summed E-state index contributed by atoms with van der Waals surface area (Å²) in [4.78, 5) is 8.25. The van der Waals surface area contributed by atoms with Crippen molar-refractivity contribution in [3.63, 3.8) is 0 Å². The fraction of sp³-hybridized carbons (Fsp3) is 0.231. The molecule has 3 rings (SSSR count). The molecule has 1 aliphatic heterocycles. The van der Waals surface area contributed by atoms with E-state index in [9.17, 15) is 0 Å². The molecule has 0 amide bonds. The molecule has 0 saturated heterocycles. The highest BCUT2D eigenvalue weighted by Gasteiger charge is 2.16. The second kappa shape index (κ2) is 5.54. The summed E-state index contributed by atoms with van der Waals surface area (Å²) in [5.74, 6) is 3.14. The minimum absolute atomic E-state index is 0.237. The van der Waals surface area contributed by atoms with Crippen LogP contribution in [0.25, 0.3) is 0 Å². The van der Waals surface area contributed by atoms with Gasteiger partial charge in [-0.3, -0.25) is 0 Å². The molecule has 0 spiro atoms. The number of rotatable bonds is 4. The highest BCUT2D eigenvalue weighted by molar-refractivity contribution is 9.10. The lowest BCUT2D eigenvalue weighted by Crippen LogP contribution is -2.02. The summed E-state index contributed by atoms with van der Waals surface area (Å²) in [5.41, 5.74) is 0. The quantitative estimate of drug-likeness (QED) is 0.924. The van der Waals surface area contributed by atoms with E-state index in [4.69, 9.17) is 14.2 Å². The van der Waals surface area contributed by atoms with E-state index in [2.05, 4.69) is 31.2 Å². The first kappa shape index (κ1) is 13.0. The highest BCUT2D eigenvalue weighted by Crippen LogP contribution is 2.38. The summed E-state index contributed by atoms with van der Waals surface area (Å²) in [7, 11) is 0. The van der Waals surface area contributed by atoms with Gasteiger partial charge in [0.05, 0.1) is 0 Å². The standard InChI is InChI=1S/C13H12BrN3O3/c1-2-15-12-11(14)13(17-6-16-12)20-8-3-4-9-10(5-8)19-7-18-9/h3-6H,2,7H2,1H3,(H,15,16,17). The minimum Gasteiger partial charge on any atom is -0.454 e. The van der Waals surface area contributed by atoms with Crippen LogP contribution in [0.5, 0.6) is 23.1 Å². The number of halogens is 1. The molecule has 0 saturated carbocycles. The Hall–Kier alpha value is -2.02. The number of hydrogen-bond acceptors (Lipinski definition) is 6. The van der Waals surface area contributed by atoms with Crippen molar-refractivity contribution < 1.29 is 14.2 Å². The molecule has 0 bridgehead atoms. The van der Waals surface area contributed by atoms with Gasteiger partial charge in [-0.05, 0) is 35.0 Å². The van der Waals surface area contributed by atoms with Crippen molar-refractivity contribution in [1.29, 1.82) is 0 Å². The summed E-state index contributed by atoms with van der Waals surface area (Å²) in [6.07, 6.45) is 1.45. The molecular weight excluding hydrogens is 326 g/mol. The molecule has 7 heteroatoms. The zero-order chi connectivity index (χ0) is 13.9. The van der Waals surface area contributed by atoms with E-state index in [1.165, 1.54) is 6.33 Å². The average Bonchev–Trinajstić information content (AvgIpc) is 2.91. The van der Waals surface area contributed by atoms with Crippen LogP contribution < -0.4 is 19.5 Å². The summed E-state index contributed by atoms with van der Waals surface area (Å²) >= 11 is 3.43. The molecule has 0 unspecified atom stereocenters. The van der Waals surface area contributed by atoms with Gasteiger partial charge >= 0.3 is 0 Å². The number of nitrogens with zero attached hydrogens (tertiary/aromatic N) is 2. The number of fused-ring (bicyclic) bond motifs is 1. The van der Waals surface area contributed by atoms with E-state index in [0.717, 1.165) is 6.54 Å². The molecule has 1 aromatic carbocycles. The van der Waals surface area contributed by atoms with E-state index in [1.54, 1.807) is 18.2 Å². The van der Waals surface area contributed by atoms with Gasteiger partial charge in [0.25, 0.3) is 0 Å². The van der Waals surface area contributed by atoms with Crippen LogP contribution in [0.2, 0.25) is 0 Å². The van der Waals surface area contributed by atoms with Crippen LogP contribution in [0.15, 0.2) is 29.0 Å². The fourth-order valence-electron chi connectivity index (χ4n) is 1.77. The molecule has 6 nitrogen and oxygen atoms in total. The number of nitrogens with one attached hydrogen (secondary N) is 1. The van der Waals surface area contributed by atoms with Crippen molar-refractivity contribution in [2.45, 2.75) is 6.92 Å². The Labute approximate surface area is 124 Å². The van der Waals surface area contributed by atoms with Crippen LogP contribution in [0.3, 0.4) is 0 Å². The van der Waals surface area contributed by atoms with Crippen molar-refractivity contribution in [2.24, 2.45) is 0 Å². The average molecular weight is 338 g/mol. The van der Waals surface area contributed by atoms with Gasteiger partial charge in [-0.15, -0.1) is 0 Å². The maximum atomic E-state index is 5.75. The Morgan fingerprint density at radius 1 is 1.30 bits per heavy atom. The number of benzene rings is 1. The monoisotopic (exact) mass is 337 g/mol. The van der Waals surface area contributed by atoms with Gasteiger partial charge in [-0.2, -0.15) is 0 Å². The van der Waals surface area contributed by atoms with Crippen LogP contribution in [0.1, 0.15) is 6.92 Å². The number of aromatic nitrogens is 2. The largest absolute Gasteiger partial charge is 0.454 e. The molecule has 2 heterocycles. The topological polar surface area (TPSA) is 65.5 Å². The fourth-order valence-corrected chi connectivity index (χ4v) is 2.19. The Morgan fingerprint density at radius 2 is 2.15 bits per heavy atom. The van der Waals surface area contributed by atoms with Crippen LogP contribution in [0.4, 0.5) is 5.82 Å². The van der Waals surface area contributed by atoms with Gasteiger partial charge in [0, 0.05) is 12.6 Å². The van der Waals surface area contributed by atoms with Crippen LogP contribution >= 0.6 is 15.9 Å². The summed E-state index contributed by atoms with van der Waals surface area (Å²) in [6.45, 7) is 2.99. The van der Waals surface area contributed by atoms with Gasteiger partial charge in [-0.25, -0.2) is 9.97 Å². The first-order valence-corrected chi connectivity index (χ1v) is 6.89. The van der Waals surface area contributed by atoms with Crippen LogP contribution in [-0.2, 0) is 0 Å². The van der Waals surface area contributed by atoms with Gasteiger partial charge in [0.2, 0.25) is 12.7 Å². The van der Waals surface area contributed by atoms with E-state index in [-0.39, 0.29) is 6.79 Å². The van der Waals surface area contributed by atoms with E-state index in [0.29, 0.717) is 33.4 Å². The molecule has 0 radical (unpaired) electrons. The van der Waals surface area contributed by atoms with Crippen molar-refractivity contribution in [3.8, 4) is 23.1 Å². The zero-order valence-electron chi connectivity index (χ0n) is 10.7. The molecule has 1 aromatic heterocycles. The lowest BCUT2D eigenvalue weighted by atomic mass is 10.3.